The molecule has 2 aromatic heterocycles. The number of hydrogen-bond acceptors (Lipinski definition) is 4. The van der Waals surface area contributed by atoms with E-state index in [2.05, 4.69) is 14.9 Å². The molecule has 7 heteroatoms. The quantitative estimate of drug-likeness (QED) is 0.688. The molecule has 7 nitrogen and oxygen atoms in total. The lowest BCUT2D eigenvalue weighted by molar-refractivity contribution is 0.170. The van der Waals surface area contributed by atoms with Crippen molar-refractivity contribution in [1.29, 1.82) is 0 Å². The lowest BCUT2D eigenvalue weighted by Gasteiger charge is -2.33. The number of fused-ring (bicyclic) bond motifs is 1. The Bertz CT molecular complexity index is 1060. The zero-order valence-electron chi connectivity index (χ0n) is 17.3. The molecule has 3 heterocycles. The zero-order chi connectivity index (χ0) is 20.5. The van der Waals surface area contributed by atoms with Gasteiger partial charge in [-0.2, -0.15) is 0 Å². The predicted molar refractivity (Wildman–Crippen MR) is 116 cm³/mol. The number of carbonyl (C=O) groups excluding carboxylic acids is 1. The van der Waals surface area contributed by atoms with Gasteiger partial charge in [-0.15, -0.1) is 0 Å². The number of nitrogens with one attached hydrogen (secondary N) is 1. The average Bonchev–Trinajstić information content (AvgIpc) is 3.57. The number of piperidine rings is 1. The van der Waals surface area contributed by atoms with Crippen LogP contribution in [0.4, 0.5) is 10.5 Å². The van der Waals surface area contributed by atoms with Gasteiger partial charge in [0.05, 0.1) is 12.8 Å². The second-order valence-corrected chi connectivity index (χ2v) is 8.29. The number of aromatic nitrogens is 3. The van der Waals surface area contributed by atoms with Crippen LogP contribution in [0.2, 0.25) is 0 Å². The first kappa shape index (κ1) is 18.9. The molecule has 1 aromatic carbocycles. The van der Waals surface area contributed by atoms with E-state index < -0.39 is 0 Å². The van der Waals surface area contributed by atoms with Gasteiger partial charge in [-0.05, 0) is 55.9 Å². The molecule has 1 N–H and O–H groups in total. The Hall–Kier alpha value is -3.09. The molecule has 1 saturated carbocycles. The van der Waals surface area contributed by atoms with Gasteiger partial charge in [-0.25, -0.2) is 14.8 Å². The molecule has 1 aliphatic heterocycles. The zero-order valence-corrected chi connectivity index (χ0v) is 17.3. The second-order valence-electron chi connectivity index (χ2n) is 8.29. The molecule has 5 rings (SSSR count). The highest BCUT2D eigenvalue weighted by atomic mass is 16.5. The molecular weight excluding hydrogens is 378 g/mol. The summed E-state index contributed by atoms with van der Waals surface area (Å²) in [6.45, 7) is 2.37. The minimum Gasteiger partial charge on any atom is -0.495 e. The van der Waals surface area contributed by atoms with Gasteiger partial charge in [0, 0.05) is 31.7 Å². The summed E-state index contributed by atoms with van der Waals surface area (Å²) in [4.78, 5) is 24.3. The summed E-state index contributed by atoms with van der Waals surface area (Å²) in [7, 11) is 1.61. The normalized spacial score (nSPS) is 19.1. The molecule has 0 radical (unpaired) electrons. The number of urea groups is 1. The van der Waals surface area contributed by atoms with Crippen LogP contribution in [0.1, 0.15) is 37.4 Å². The van der Waals surface area contributed by atoms with E-state index in [-0.39, 0.29) is 6.03 Å². The second kappa shape index (κ2) is 7.97. The third-order valence-corrected chi connectivity index (χ3v) is 6.07. The van der Waals surface area contributed by atoms with Crippen molar-refractivity contribution in [2.75, 3.05) is 25.5 Å². The third-order valence-electron chi connectivity index (χ3n) is 6.07. The third kappa shape index (κ3) is 3.72. The van der Waals surface area contributed by atoms with Gasteiger partial charge in [0.25, 0.3) is 0 Å². The molecule has 2 amide bonds. The van der Waals surface area contributed by atoms with E-state index in [9.17, 15) is 4.79 Å². The number of amides is 2. The first-order valence-electron chi connectivity index (χ1n) is 10.7. The summed E-state index contributed by atoms with van der Waals surface area (Å²) in [6.07, 6.45) is 6.37. The summed E-state index contributed by atoms with van der Waals surface area (Å²) in [5.41, 5.74) is 2.64. The van der Waals surface area contributed by atoms with E-state index in [1.165, 1.54) is 18.7 Å². The first-order valence-corrected chi connectivity index (χ1v) is 10.7. The number of nitrogens with zero attached hydrogens (tertiary/aromatic N) is 4. The fourth-order valence-electron chi connectivity index (χ4n) is 4.41. The number of anilines is 1. The molecule has 0 bridgehead atoms. The number of pyridine rings is 1. The highest BCUT2D eigenvalue weighted by Gasteiger charge is 2.32. The average molecular weight is 406 g/mol. The van der Waals surface area contributed by atoms with Crippen LogP contribution in [0.5, 0.6) is 5.75 Å². The SMILES string of the molecule is COc1ccccc1NC(=O)N1CCCC(Cn2c(C3CC3)nc3cccnc32)C1. The molecular formula is C23H27N5O2. The number of benzene rings is 1. The highest BCUT2D eigenvalue weighted by Crippen LogP contribution is 2.41. The minimum absolute atomic E-state index is 0.0692. The van der Waals surface area contributed by atoms with Crippen LogP contribution in [0.15, 0.2) is 42.6 Å². The number of likely N-dealkylation sites (tertiary alicyclic amines) is 1. The lowest BCUT2D eigenvalue weighted by atomic mass is 9.98. The summed E-state index contributed by atoms with van der Waals surface area (Å²) < 4.78 is 7.66. The Balaban J connectivity index is 1.31. The van der Waals surface area contributed by atoms with Gasteiger partial charge in [0.15, 0.2) is 5.65 Å². The number of carbonyl (C=O) groups is 1. The van der Waals surface area contributed by atoms with Gasteiger partial charge in [0.1, 0.15) is 17.1 Å². The van der Waals surface area contributed by atoms with Gasteiger partial charge in [0.2, 0.25) is 0 Å². The fraction of sp³-hybridized carbons (Fsp3) is 0.435. The lowest BCUT2D eigenvalue weighted by Crippen LogP contribution is -2.43. The van der Waals surface area contributed by atoms with Crippen LogP contribution in [-0.2, 0) is 6.54 Å². The molecule has 2 fully saturated rings. The van der Waals surface area contributed by atoms with E-state index in [0.29, 0.717) is 23.3 Å². The van der Waals surface area contributed by atoms with E-state index >= 15 is 0 Å². The van der Waals surface area contributed by atoms with E-state index in [0.717, 1.165) is 43.6 Å². The van der Waals surface area contributed by atoms with Crippen LogP contribution in [0.25, 0.3) is 11.2 Å². The molecule has 1 aliphatic carbocycles. The molecule has 1 atom stereocenters. The summed E-state index contributed by atoms with van der Waals surface area (Å²) in [5, 5.41) is 3.01. The van der Waals surface area contributed by atoms with Crippen LogP contribution in [-0.4, -0.2) is 45.7 Å². The monoisotopic (exact) mass is 405 g/mol. The van der Waals surface area contributed by atoms with Gasteiger partial charge in [-0.3, -0.25) is 0 Å². The van der Waals surface area contributed by atoms with Crippen LogP contribution < -0.4 is 10.1 Å². The maximum Gasteiger partial charge on any atom is 0.321 e. The highest BCUT2D eigenvalue weighted by molar-refractivity contribution is 5.91. The first-order chi connectivity index (χ1) is 14.7. The Morgan fingerprint density at radius 1 is 1.20 bits per heavy atom. The van der Waals surface area contributed by atoms with Crippen molar-refractivity contribution in [2.45, 2.75) is 38.1 Å². The standard InChI is InChI=1S/C23H27N5O2/c1-30-20-9-3-2-7-18(20)26-23(29)27-13-5-6-16(14-27)15-28-21(17-10-11-17)25-19-8-4-12-24-22(19)28/h2-4,7-9,12,16-17H,5-6,10-11,13-15H2,1H3,(H,26,29). The Labute approximate surface area is 176 Å². The number of imidazole rings is 1. The molecule has 1 saturated heterocycles. The van der Waals surface area contributed by atoms with Crippen molar-refractivity contribution >= 4 is 22.9 Å². The summed E-state index contributed by atoms with van der Waals surface area (Å²) in [5.74, 6) is 2.79. The summed E-state index contributed by atoms with van der Waals surface area (Å²) in [6, 6.07) is 11.4. The van der Waals surface area contributed by atoms with Crippen molar-refractivity contribution in [3.63, 3.8) is 0 Å². The predicted octanol–water partition coefficient (Wildman–Crippen LogP) is 4.26. The molecule has 156 valence electrons. The molecule has 1 unspecified atom stereocenters. The van der Waals surface area contributed by atoms with Crippen molar-refractivity contribution in [1.82, 2.24) is 19.4 Å². The number of rotatable bonds is 5. The van der Waals surface area contributed by atoms with Gasteiger partial charge >= 0.3 is 6.03 Å². The van der Waals surface area contributed by atoms with Crippen LogP contribution >= 0.6 is 0 Å². The maximum absolute atomic E-state index is 12.9. The molecule has 3 aromatic rings. The Morgan fingerprint density at radius 3 is 2.90 bits per heavy atom. The van der Waals surface area contributed by atoms with Crippen molar-refractivity contribution < 1.29 is 9.53 Å². The summed E-state index contributed by atoms with van der Waals surface area (Å²) >= 11 is 0. The molecule has 30 heavy (non-hydrogen) atoms. The van der Waals surface area contributed by atoms with Gasteiger partial charge < -0.3 is 19.5 Å². The van der Waals surface area contributed by atoms with Crippen molar-refractivity contribution in [3.8, 4) is 5.75 Å². The number of hydrogen-bond donors (Lipinski definition) is 1. The van der Waals surface area contributed by atoms with E-state index in [1.54, 1.807) is 7.11 Å². The Kier molecular flexibility index (Phi) is 5.02. The van der Waals surface area contributed by atoms with Crippen molar-refractivity contribution in [3.05, 3.63) is 48.4 Å². The number of para-hydroxylation sites is 2. The molecule has 0 spiro atoms. The largest absolute Gasteiger partial charge is 0.495 e. The maximum atomic E-state index is 12.9. The molecule has 2 aliphatic rings. The van der Waals surface area contributed by atoms with Gasteiger partial charge in [-0.1, -0.05) is 12.1 Å². The number of ether oxygens (including phenoxy) is 1. The van der Waals surface area contributed by atoms with E-state index in [1.807, 2.05) is 47.5 Å². The van der Waals surface area contributed by atoms with Crippen LogP contribution in [0.3, 0.4) is 0 Å². The Morgan fingerprint density at radius 2 is 2.07 bits per heavy atom. The van der Waals surface area contributed by atoms with Crippen LogP contribution in [0, 0.1) is 5.92 Å². The fourth-order valence-corrected chi connectivity index (χ4v) is 4.41. The van der Waals surface area contributed by atoms with E-state index in [4.69, 9.17) is 9.72 Å². The smallest absolute Gasteiger partial charge is 0.321 e. The topological polar surface area (TPSA) is 72.3 Å². The number of methoxy groups -OCH3 is 1. The minimum atomic E-state index is -0.0692. The van der Waals surface area contributed by atoms with Crippen molar-refractivity contribution in [2.24, 2.45) is 5.92 Å².